The Kier molecular flexibility index (Phi) is 7.97. The molecule has 0 aromatic heterocycles. The van der Waals surface area contributed by atoms with Crippen molar-refractivity contribution in [3.05, 3.63) is 58.1 Å². The van der Waals surface area contributed by atoms with Crippen molar-refractivity contribution in [3.63, 3.8) is 0 Å². The van der Waals surface area contributed by atoms with E-state index in [0.717, 1.165) is 0 Å². The zero-order chi connectivity index (χ0) is 19.8. The highest BCUT2D eigenvalue weighted by Crippen LogP contribution is 2.25. The number of ether oxygens (including phenoxy) is 1. The third kappa shape index (κ3) is 6.78. The van der Waals surface area contributed by atoms with E-state index in [1.54, 1.807) is 42.5 Å². The minimum absolute atomic E-state index is 0.0594. The van der Waals surface area contributed by atoms with E-state index in [9.17, 15) is 14.4 Å². The molecule has 2 aromatic carbocycles. The van der Waals surface area contributed by atoms with Crippen LogP contribution in [0.25, 0.3) is 0 Å². The van der Waals surface area contributed by atoms with Crippen LogP contribution in [0.2, 0.25) is 10.0 Å². The molecule has 0 fully saturated rings. The molecule has 0 saturated carbocycles. The second-order valence-corrected chi connectivity index (χ2v) is 7.13. The lowest BCUT2D eigenvalue weighted by atomic mass is 10.2. The molecule has 0 bridgehead atoms. The van der Waals surface area contributed by atoms with Gasteiger partial charge in [0.25, 0.3) is 5.91 Å². The quantitative estimate of drug-likeness (QED) is 0.521. The zero-order valence-electron chi connectivity index (χ0n) is 14.3. The highest BCUT2D eigenvalue weighted by atomic mass is 35.5. The molecule has 0 heterocycles. The van der Waals surface area contributed by atoms with Crippen LogP contribution in [0.1, 0.15) is 10.4 Å². The molecule has 0 radical (unpaired) electrons. The Morgan fingerprint density at radius 2 is 1.70 bits per heavy atom. The molecule has 0 aliphatic rings. The fourth-order valence-corrected chi connectivity index (χ4v) is 3.38. The van der Waals surface area contributed by atoms with E-state index in [2.05, 4.69) is 10.6 Å². The van der Waals surface area contributed by atoms with Crippen LogP contribution >= 0.6 is 35.0 Å². The van der Waals surface area contributed by atoms with E-state index in [4.69, 9.17) is 27.9 Å². The molecule has 0 aliphatic carbocycles. The number of hydrogen-bond acceptors (Lipinski definition) is 5. The van der Waals surface area contributed by atoms with Crippen molar-refractivity contribution in [2.45, 2.75) is 4.90 Å². The number of carbonyl (C=O) groups is 3. The predicted molar refractivity (Wildman–Crippen MR) is 107 cm³/mol. The summed E-state index contributed by atoms with van der Waals surface area (Å²) >= 11 is 13.0. The summed E-state index contributed by atoms with van der Waals surface area (Å²) in [5.41, 5.74) is 0.765. The number of esters is 1. The van der Waals surface area contributed by atoms with Crippen molar-refractivity contribution in [2.24, 2.45) is 0 Å². The third-order valence-electron chi connectivity index (χ3n) is 3.23. The van der Waals surface area contributed by atoms with Gasteiger partial charge in [-0.25, -0.2) is 4.79 Å². The lowest BCUT2D eigenvalue weighted by Crippen LogP contribution is -2.25. The first-order valence-corrected chi connectivity index (χ1v) is 9.48. The van der Waals surface area contributed by atoms with Gasteiger partial charge in [0.2, 0.25) is 5.91 Å². The van der Waals surface area contributed by atoms with Gasteiger partial charge in [-0.3, -0.25) is 9.59 Å². The minimum Gasteiger partial charge on any atom is -0.452 e. The first-order valence-electron chi connectivity index (χ1n) is 7.74. The second-order valence-electron chi connectivity index (χ2n) is 5.24. The van der Waals surface area contributed by atoms with Crippen LogP contribution < -0.4 is 10.6 Å². The molecule has 2 amide bonds. The average Bonchev–Trinajstić information content (AvgIpc) is 2.63. The number of amides is 2. The van der Waals surface area contributed by atoms with Gasteiger partial charge in [0, 0.05) is 27.7 Å². The van der Waals surface area contributed by atoms with E-state index < -0.39 is 11.9 Å². The molecule has 0 atom stereocenters. The standard InChI is InChI=1S/C18H16Cl2N2O4S/c1-21-16(23)9-26-18(25)14-4-2-3-5-15(14)27-10-17(24)22-13-7-11(19)6-12(20)8-13/h2-8H,9-10H2,1H3,(H,21,23)(H,22,24). The summed E-state index contributed by atoms with van der Waals surface area (Å²) in [4.78, 5) is 36.1. The highest BCUT2D eigenvalue weighted by Gasteiger charge is 2.15. The summed E-state index contributed by atoms with van der Waals surface area (Å²) in [6.07, 6.45) is 0. The maximum Gasteiger partial charge on any atom is 0.339 e. The lowest BCUT2D eigenvalue weighted by Gasteiger charge is -2.10. The minimum atomic E-state index is -0.635. The second kappa shape index (κ2) is 10.2. The number of carbonyl (C=O) groups excluding carboxylic acids is 3. The molecule has 0 saturated heterocycles. The molecule has 142 valence electrons. The summed E-state index contributed by atoms with van der Waals surface area (Å²) in [6.45, 7) is -0.371. The Balaban J connectivity index is 1.98. The van der Waals surface area contributed by atoms with Crippen molar-refractivity contribution in [3.8, 4) is 0 Å². The van der Waals surface area contributed by atoms with Crippen LogP contribution in [-0.4, -0.2) is 37.2 Å². The van der Waals surface area contributed by atoms with Crippen molar-refractivity contribution < 1.29 is 19.1 Å². The normalized spacial score (nSPS) is 10.2. The van der Waals surface area contributed by atoms with Gasteiger partial charge in [0.15, 0.2) is 6.61 Å². The molecule has 9 heteroatoms. The Morgan fingerprint density at radius 1 is 1.04 bits per heavy atom. The largest absolute Gasteiger partial charge is 0.452 e. The number of nitrogens with one attached hydrogen (secondary N) is 2. The number of thioether (sulfide) groups is 1. The van der Waals surface area contributed by atoms with E-state index in [0.29, 0.717) is 20.6 Å². The highest BCUT2D eigenvalue weighted by molar-refractivity contribution is 8.00. The molecular weight excluding hydrogens is 411 g/mol. The van der Waals surface area contributed by atoms with Gasteiger partial charge in [-0.1, -0.05) is 35.3 Å². The van der Waals surface area contributed by atoms with E-state index in [1.807, 2.05) is 0 Å². The van der Waals surface area contributed by atoms with Gasteiger partial charge < -0.3 is 15.4 Å². The van der Waals surface area contributed by atoms with Gasteiger partial charge >= 0.3 is 5.97 Å². The Hall–Kier alpha value is -2.22. The maximum absolute atomic E-state index is 12.2. The summed E-state index contributed by atoms with van der Waals surface area (Å²) in [5, 5.41) is 5.88. The maximum atomic E-state index is 12.2. The number of likely N-dealkylation sites (N-methyl/N-ethyl adjacent to an activating group) is 1. The Bertz CT molecular complexity index is 841. The number of hydrogen-bond donors (Lipinski definition) is 2. The fourth-order valence-electron chi connectivity index (χ4n) is 2.01. The molecule has 0 aliphatic heterocycles. The molecule has 2 N–H and O–H groups in total. The average molecular weight is 427 g/mol. The Labute approximate surface area is 170 Å². The van der Waals surface area contributed by atoms with Crippen molar-refractivity contribution in [1.82, 2.24) is 5.32 Å². The molecule has 2 aromatic rings. The first-order chi connectivity index (χ1) is 12.9. The molecule has 2 rings (SSSR count). The third-order valence-corrected chi connectivity index (χ3v) is 4.74. The number of benzene rings is 2. The Morgan fingerprint density at radius 3 is 2.37 bits per heavy atom. The molecule has 0 unspecified atom stereocenters. The van der Waals surface area contributed by atoms with Gasteiger partial charge in [0.1, 0.15) is 0 Å². The summed E-state index contributed by atoms with van der Waals surface area (Å²) in [7, 11) is 1.45. The van der Waals surface area contributed by atoms with Crippen LogP contribution in [-0.2, 0) is 14.3 Å². The zero-order valence-corrected chi connectivity index (χ0v) is 16.6. The van der Waals surface area contributed by atoms with Crippen LogP contribution in [0.15, 0.2) is 47.4 Å². The smallest absolute Gasteiger partial charge is 0.339 e. The van der Waals surface area contributed by atoms with E-state index in [1.165, 1.54) is 18.8 Å². The van der Waals surface area contributed by atoms with Crippen LogP contribution in [0, 0.1) is 0 Å². The summed E-state index contributed by atoms with van der Waals surface area (Å²) in [6, 6.07) is 11.4. The molecular formula is C18H16Cl2N2O4S. The van der Waals surface area contributed by atoms with E-state index >= 15 is 0 Å². The number of anilines is 1. The van der Waals surface area contributed by atoms with Crippen molar-refractivity contribution >= 4 is 58.4 Å². The number of rotatable bonds is 7. The van der Waals surface area contributed by atoms with Crippen LogP contribution in [0.3, 0.4) is 0 Å². The van der Waals surface area contributed by atoms with E-state index in [-0.39, 0.29) is 23.8 Å². The number of halogens is 2. The summed E-state index contributed by atoms with van der Waals surface area (Å²) in [5.74, 6) is -1.27. The van der Waals surface area contributed by atoms with Gasteiger partial charge in [-0.15, -0.1) is 11.8 Å². The van der Waals surface area contributed by atoms with Crippen LogP contribution in [0.4, 0.5) is 5.69 Å². The SMILES string of the molecule is CNC(=O)COC(=O)c1ccccc1SCC(=O)Nc1cc(Cl)cc(Cl)c1. The van der Waals surface area contributed by atoms with Crippen molar-refractivity contribution in [2.75, 3.05) is 24.7 Å². The van der Waals surface area contributed by atoms with Gasteiger partial charge in [-0.05, 0) is 30.3 Å². The molecule has 0 spiro atoms. The molecule has 6 nitrogen and oxygen atoms in total. The topological polar surface area (TPSA) is 84.5 Å². The fraction of sp³-hybridized carbons (Fsp3) is 0.167. The predicted octanol–water partition coefficient (Wildman–Crippen LogP) is 3.63. The molecule has 27 heavy (non-hydrogen) atoms. The monoisotopic (exact) mass is 426 g/mol. The van der Waals surface area contributed by atoms with Gasteiger partial charge in [-0.2, -0.15) is 0 Å². The van der Waals surface area contributed by atoms with Crippen LogP contribution in [0.5, 0.6) is 0 Å². The van der Waals surface area contributed by atoms with Crippen molar-refractivity contribution in [1.29, 1.82) is 0 Å². The summed E-state index contributed by atoms with van der Waals surface area (Å²) < 4.78 is 4.96. The van der Waals surface area contributed by atoms with Gasteiger partial charge in [0.05, 0.1) is 11.3 Å². The first kappa shape index (κ1) is 21.1. The lowest BCUT2D eigenvalue weighted by molar-refractivity contribution is -0.123.